The van der Waals surface area contributed by atoms with E-state index in [1.807, 2.05) is 0 Å². The Morgan fingerprint density at radius 2 is 1.79 bits per heavy atom. The van der Waals surface area contributed by atoms with E-state index in [-0.39, 0.29) is 5.76 Å². The number of benzene rings is 1. The topological polar surface area (TPSA) is 192 Å². The Bertz CT molecular complexity index is 1630. The number of likely N-dealkylation sites (tertiary alicyclic amines) is 1. The number of furan rings is 1. The molecule has 0 saturated carbocycles. The first-order valence-electron chi connectivity index (χ1n) is 13.2. The van der Waals surface area contributed by atoms with Crippen LogP contribution in [0, 0.1) is 0 Å². The van der Waals surface area contributed by atoms with Crippen LogP contribution in [-0.4, -0.2) is 83.8 Å². The lowest BCUT2D eigenvalue weighted by atomic mass is 10.2. The van der Waals surface area contributed by atoms with E-state index in [0.29, 0.717) is 53.0 Å². The number of carboxylic acid groups (broad SMARTS) is 2. The van der Waals surface area contributed by atoms with Crippen molar-refractivity contribution in [1.82, 2.24) is 24.5 Å². The van der Waals surface area contributed by atoms with E-state index in [0.717, 1.165) is 18.8 Å². The number of aromatic nitrogens is 4. The predicted octanol–water partition coefficient (Wildman–Crippen LogP) is 2.61. The van der Waals surface area contributed by atoms with Crippen LogP contribution >= 0.6 is 0 Å². The van der Waals surface area contributed by atoms with Crippen LogP contribution in [-0.2, 0) is 9.59 Å². The van der Waals surface area contributed by atoms with Crippen molar-refractivity contribution in [2.24, 2.45) is 5.73 Å². The zero-order valence-corrected chi connectivity index (χ0v) is 22.9. The number of piperazine rings is 1. The Morgan fingerprint density at radius 1 is 1.07 bits per heavy atom. The predicted molar refractivity (Wildman–Crippen MR) is 153 cm³/mol. The van der Waals surface area contributed by atoms with E-state index in [1.54, 1.807) is 16.8 Å². The second-order valence-corrected chi connectivity index (χ2v) is 10.2. The average molecular weight is 575 g/mol. The number of nitrogens with one attached hydrogen (secondary N) is 1. The number of rotatable bonds is 8. The maximum absolute atomic E-state index is 11.4. The summed E-state index contributed by atoms with van der Waals surface area (Å²) in [6.07, 6.45) is 6.94. The van der Waals surface area contributed by atoms with E-state index in [4.69, 9.17) is 20.4 Å². The quantitative estimate of drug-likeness (QED) is 0.225. The first kappa shape index (κ1) is 28.3. The highest BCUT2D eigenvalue weighted by Crippen LogP contribution is 2.36. The summed E-state index contributed by atoms with van der Waals surface area (Å²) in [4.78, 5) is 44.5. The number of amides is 1. The number of primary amides is 1. The van der Waals surface area contributed by atoms with Gasteiger partial charge >= 0.3 is 11.9 Å². The van der Waals surface area contributed by atoms with Crippen LogP contribution in [0.25, 0.3) is 16.9 Å². The van der Waals surface area contributed by atoms with Gasteiger partial charge in [-0.05, 0) is 50.6 Å². The molecule has 14 heteroatoms. The Balaban J connectivity index is 0.000000390. The molecule has 218 valence electrons. The molecule has 2 aliphatic rings. The molecule has 5 heterocycles. The van der Waals surface area contributed by atoms with Crippen molar-refractivity contribution in [2.45, 2.75) is 38.4 Å². The molecule has 6 rings (SSSR count). The van der Waals surface area contributed by atoms with Crippen LogP contribution in [0.4, 0.5) is 17.2 Å². The van der Waals surface area contributed by atoms with Gasteiger partial charge in [-0.2, -0.15) is 5.10 Å². The fourth-order valence-corrected chi connectivity index (χ4v) is 5.36. The molecular weight excluding hydrogens is 544 g/mol. The Morgan fingerprint density at radius 3 is 2.36 bits per heavy atom. The number of hydrogen-bond acceptors (Lipinski definition) is 10. The summed E-state index contributed by atoms with van der Waals surface area (Å²) in [7, 11) is 0. The van der Waals surface area contributed by atoms with Crippen LogP contribution in [0.15, 0.2) is 65.7 Å². The lowest BCUT2D eigenvalue weighted by molar-refractivity contribution is -0.134. The zero-order valence-electron chi connectivity index (χ0n) is 22.9. The van der Waals surface area contributed by atoms with Crippen molar-refractivity contribution in [1.29, 1.82) is 0 Å². The van der Waals surface area contributed by atoms with Crippen molar-refractivity contribution in [3.8, 4) is 11.3 Å². The Labute approximate surface area is 240 Å². The lowest BCUT2D eigenvalue weighted by Crippen LogP contribution is -2.48. The molecule has 2 fully saturated rings. The van der Waals surface area contributed by atoms with Gasteiger partial charge in [0.15, 0.2) is 17.2 Å². The molecule has 4 aromatic rings. The summed E-state index contributed by atoms with van der Waals surface area (Å²) >= 11 is 0. The minimum absolute atomic E-state index is 0.0775. The SMILES string of the molecule is CC(C)N1CC2CC1CN2c1ccc(Nc2ncc(-c3coc(C(N)=O)c3)n3ncnc23)cc1.O=C(O)/C=C/C(=O)O. The molecule has 42 heavy (non-hydrogen) atoms. The summed E-state index contributed by atoms with van der Waals surface area (Å²) in [6.45, 7) is 6.80. The fourth-order valence-electron chi connectivity index (χ4n) is 5.36. The van der Waals surface area contributed by atoms with E-state index in [9.17, 15) is 14.4 Å². The molecule has 0 aliphatic carbocycles. The van der Waals surface area contributed by atoms with Gasteiger partial charge in [0.05, 0.1) is 11.9 Å². The second-order valence-electron chi connectivity index (χ2n) is 10.2. The maximum atomic E-state index is 11.4. The number of fused-ring (bicyclic) bond motifs is 3. The summed E-state index contributed by atoms with van der Waals surface area (Å²) < 4.78 is 6.89. The van der Waals surface area contributed by atoms with E-state index >= 15 is 0 Å². The van der Waals surface area contributed by atoms with Gasteiger partial charge in [0.25, 0.3) is 5.91 Å². The molecule has 3 aromatic heterocycles. The molecule has 5 N–H and O–H groups in total. The van der Waals surface area contributed by atoms with Crippen LogP contribution in [0.2, 0.25) is 0 Å². The Kier molecular flexibility index (Phi) is 7.88. The third-order valence-electron chi connectivity index (χ3n) is 7.22. The molecular formula is C28H30N8O6. The number of carboxylic acids is 2. The summed E-state index contributed by atoms with van der Waals surface area (Å²) in [5, 5.41) is 23.3. The summed E-state index contributed by atoms with van der Waals surface area (Å²) in [5.74, 6) is -2.48. The monoisotopic (exact) mass is 574 g/mol. The minimum Gasteiger partial charge on any atom is -0.478 e. The second kappa shape index (κ2) is 11.7. The first-order chi connectivity index (χ1) is 20.1. The largest absolute Gasteiger partial charge is 0.478 e. The van der Waals surface area contributed by atoms with Crippen LogP contribution in [0.1, 0.15) is 30.8 Å². The number of hydrogen-bond donors (Lipinski definition) is 4. The molecule has 2 bridgehead atoms. The molecule has 2 unspecified atom stereocenters. The van der Waals surface area contributed by atoms with Crippen LogP contribution in [0.5, 0.6) is 0 Å². The van der Waals surface area contributed by atoms with Gasteiger partial charge in [-0.3, -0.25) is 9.69 Å². The summed E-state index contributed by atoms with van der Waals surface area (Å²) in [6, 6.07) is 11.9. The standard InChI is InChI=1S/C24H26N8O2.C4H4O4/c1-14(2)30-10-19-8-18(30)11-31(19)17-5-3-16(4-6-17)29-23-24-27-13-28-32(24)20(9-26-23)15-7-21(22(25)33)34-12-15;5-3(6)1-2-4(7)8/h3-7,9,12-14,18-19H,8,10-11H2,1-2H3,(H2,25,33)(H,26,29);1-2H,(H,5,6)(H,7,8)/b;2-1+. The average Bonchev–Trinajstić information content (AvgIpc) is 3.76. The number of nitrogens with two attached hydrogens (primary N) is 1. The number of carbonyl (C=O) groups excluding carboxylic acids is 1. The molecule has 1 amide bonds. The maximum Gasteiger partial charge on any atom is 0.328 e. The zero-order chi connectivity index (χ0) is 30.0. The first-order valence-corrected chi connectivity index (χ1v) is 13.2. The van der Waals surface area contributed by atoms with Gasteiger partial charge in [-0.1, -0.05) is 0 Å². The highest BCUT2D eigenvalue weighted by molar-refractivity contribution is 5.91. The smallest absolute Gasteiger partial charge is 0.328 e. The van der Waals surface area contributed by atoms with Crippen molar-refractivity contribution >= 4 is 40.7 Å². The fraction of sp³-hybridized carbons (Fsp3) is 0.286. The van der Waals surface area contributed by atoms with E-state index in [2.05, 4.69) is 68.3 Å². The highest BCUT2D eigenvalue weighted by Gasteiger charge is 2.43. The van der Waals surface area contributed by atoms with Crippen molar-refractivity contribution in [3.05, 3.63) is 67.0 Å². The van der Waals surface area contributed by atoms with Gasteiger partial charge in [0.2, 0.25) is 0 Å². The van der Waals surface area contributed by atoms with Crippen LogP contribution in [0.3, 0.4) is 0 Å². The number of aliphatic carboxylic acids is 2. The van der Waals surface area contributed by atoms with Crippen molar-refractivity contribution < 1.29 is 29.0 Å². The normalized spacial score (nSPS) is 18.0. The molecule has 14 nitrogen and oxygen atoms in total. The molecule has 0 radical (unpaired) electrons. The Hall–Kier alpha value is -5.24. The van der Waals surface area contributed by atoms with Gasteiger partial charge in [0, 0.05) is 60.3 Å². The molecule has 2 saturated heterocycles. The number of nitrogens with zero attached hydrogens (tertiary/aromatic N) is 6. The molecule has 2 aliphatic heterocycles. The number of carbonyl (C=O) groups is 3. The molecule has 0 spiro atoms. The van der Waals surface area contributed by atoms with Gasteiger partial charge < -0.3 is 30.6 Å². The van der Waals surface area contributed by atoms with Crippen molar-refractivity contribution in [3.63, 3.8) is 0 Å². The third kappa shape index (κ3) is 5.93. The van der Waals surface area contributed by atoms with Gasteiger partial charge in [-0.15, -0.1) is 0 Å². The lowest BCUT2D eigenvalue weighted by Gasteiger charge is -2.37. The van der Waals surface area contributed by atoms with Crippen molar-refractivity contribution in [2.75, 3.05) is 23.3 Å². The minimum atomic E-state index is -1.26. The highest BCUT2D eigenvalue weighted by atomic mass is 16.4. The molecule has 2 atom stereocenters. The van der Waals surface area contributed by atoms with Crippen LogP contribution < -0.4 is 16.0 Å². The van der Waals surface area contributed by atoms with Gasteiger partial charge in [-0.25, -0.2) is 24.1 Å². The molecule has 1 aromatic carbocycles. The van der Waals surface area contributed by atoms with E-state index < -0.39 is 17.8 Å². The summed E-state index contributed by atoms with van der Waals surface area (Å²) in [5.41, 5.74) is 9.31. The number of anilines is 3. The van der Waals surface area contributed by atoms with Gasteiger partial charge in [0.1, 0.15) is 12.6 Å². The van der Waals surface area contributed by atoms with E-state index in [1.165, 1.54) is 24.7 Å². The third-order valence-corrected chi connectivity index (χ3v) is 7.22.